The van der Waals surface area contributed by atoms with E-state index >= 15 is 0 Å². The van der Waals surface area contributed by atoms with Crippen molar-refractivity contribution < 1.29 is 14.3 Å². The number of amides is 2. The number of fused-ring (bicyclic) bond motifs is 1. The second kappa shape index (κ2) is 8.11. The number of hydrogen-bond acceptors (Lipinski definition) is 5. The van der Waals surface area contributed by atoms with Crippen molar-refractivity contribution in [3.63, 3.8) is 0 Å². The molecule has 0 aliphatic carbocycles. The molecule has 1 saturated heterocycles. The zero-order valence-electron chi connectivity index (χ0n) is 16.9. The van der Waals surface area contributed by atoms with E-state index in [2.05, 4.69) is 22.9 Å². The van der Waals surface area contributed by atoms with Gasteiger partial charge in [0.15, 0.2) is 0 Å². The molecule has 2 aliphatic rings. The molecule has 1 fully saturated rings. The second-order valence-corrected chi connectivity index (χ2v) is 7.43. The molecular formula is C22H26N4O3. The molecule has 2 aromatic rings. The number of benzene rings is 1. The monoisotopic (exact) mass is 394 g/mol. The van der Waals surface area contributed by atoms with Crippen molar-refractivity contribution in [1.29, 1.82) is 0 Å². The number of rotatable bonds is 3. The summed E-state index contributed by atoms with van der Waals surface area (Å²) >= 11 is 0. The van der Waals surface area contributed by atoms with Crippen LogP contribution in [0.3, 0.4) is 0 Å². The van der Waals surface area contributed by atoms with Crippen molar-refractivity contribution in [2.45, 2.75) is 26.3 Å². The maximum atomic E-state index is 13.3. The molecule has 7 heteroatoms. The van der Waals surface area contributed by atoms with Crippen LogP contribution in [0.5, 0.6) is 0 Å². The number of anilines is 2. The third-order valence-electron chi connectivity index (χ3n) is 5.55. The van der Waals surface area contributed by atoms with Crippen molar-refractivity contribution >= 4 is 23.5 Å². The van der Waals surface area contributed by atoms with E-state index in [1.807, 2.05) is 29.2 Å². The smallest absolute Gasteiger partial charge is 0.409 e. The average molecular weight is 394 g/mol. The summed E-state index contributed by atoms with van der Waals surface area (Å²) in [6.45, 7) is 6.74. The number of aromatic nitrogens is 1. The van der Waals surface area contributed by atoms with Crippen molar-refractivity contribution in [1.82, 2.24) is 9.88 Å². The number of ether oxygens (including phenoxy) is 1. The van der Waals surface area contributed by atoms with Crippen LogP contribution in [0.15, 0.2) is 42.6 Å². The van der Waals surface area contributed by atoms with Crippen molar-refractivity contribution in [3.8, 4) is 0 Å². The molecule has 7 nitrogen and oxygen atoms in total. The van der Waals surface area contributed by atoms with E-state index in [0.29, 0.717) is 38.3 Å². The van der Waals surface area contributed by atoms with Gasteiger partial charge in [0, 0.05) is 49.7 Å². The van der Waals surface area contributed by atoms with Crippen LogP contribution >= 0.6 is 0 Å². The van der Waals surface area contributed by atoms with Gasteiger partial charge in [-0.2, -0.15) is 0 Å². The Labute approximate surface area is 170 Å². The van der Waals surface area contributed by atoms with Crippen LogP contribution in [0, 0.1) is 0 Å². The fraction of sp³-hybridized carbons (Fsp3) is 0.409. The van der Waals surface area contributed by atoms with Gasteiger partial charge in [-0.25, -0.2) is 9.78 Å². The first-order chi connectivity index (χ1) is 14.1. The van der Waals surface area contributed by atoms with Gasteiger partial charge in [-0.05, 0) is 44.0 Å². The van der Waals surface area contributed by atoms with Gasteiger partial charge >= 0.3 is 6.09 Å². The van der Waals surface area contributed by atoms with E-state index in [1.54, 1.807) is 24.1 Å². The topological polar surface area (TPSA) is 66.0 Å². The lowest BCUT2D eigenvalue weighted by Crippen LogP contribution is -2.49. The predicted octanol–water partition coefficient (Wildman–Crippen LogP) is 2.95. The minimum atomic E-state index is -0.272. The summed E-state index contributed by atoms with van der Waals surface area (Å²) in [4.78, 5) is 35.3. The Morgan fingerprint density at radius 3 is 2.66 bits per heavy atom. The molecule has 1 aromatic heterocycles. The number of piperazine rings is 1. The van der Waals surface area contributed by atoms with E-state index in [-0.39, 0.29) is 18.0 Å². The highest BCUT2D eigenvalue weighted by molar-refractivity contribution is 6.08. The van der Waals surface area contributed by atoms with Gasteiger partial charge in [0.25, 0.3) is 5.91 Å². The molecule has 29 heavy (non-hydrogen) atoms. The van der Waals surface area contributed by atoms with Crippen LogP contribution < -0.4 is 9.80 Å². The zero-order chi connectivity index (χ0) is 20.4. The highest BCUT2D eigenvalue weighted by Gasteiger charge is 2.31. The van der Waals surface area contributed by atoms with E-state index in [9.17, 15) is 9.59 Å². The lowest BCUT2D eigenvalue weighted by molar-refractivity contribution is 0.0981. The molecule has 152 valence electrons. The fourth-order valence-electron chi connectivity index (χ4n) is 4.07. The van der Waals surface area contributed by atoms with E-state index in [4.69, 9.17) is 4.74 Å². The maximum absolute atomic E-state index is 13.3. The Balaban J connectivity index is 1.49. The average Bonchev–Trinajstić information content (AvgIpc) is 3.09. The first-order valence-electron chi connectivity index (χ1n) is 10.1. The van der Waals surface area contributed by atoms with Crippen LogP contribution in [0.4, 0.5) is 16.3 Å². The molecule has 0 bridgehead atoms. The summed E-state index contributed by atoms with van der Waals surface area (Å²) < 4.78 is 5.07. The quantitative estimate of drug-likeness (QED) is 0.801. The molecule has 0 spiro atoms. The fourth-order valence-corrected chi connectivity index (χ4v) is 4.07. The molecular weight excluding hydrogens is 368 g/mol. The largest absolute Gasteiger partial charge is 0.450 e. The van der Waals surface area contributed by atoms with Gasteiger partial charge in [-0.3, -0.25) is 4.79 Å². The predicted molar refractivity (Wildman–Crippen MR) is 111 cm³/mol. The van der Waals surface area contributed by atoms with Gasteiger partial charge in [-0.1, -0.05) is 18.2 Å². The lowest BCUT2D eigenvalue weighted by Gasteiger charge is -2.34. The second-order valence-electron chi connectivity index (χ2n) is 7.43. The number of pyridine rings is 1. The maximum Gasteiger partial charge on any atom is 0.409 e. The van der Waals surface area contributed by atoms with Gasteiger partial charge in [-0.15, -0.1) is 0 Å². The molecule has 1 atom stereocenters. The van der Waals surface area contributed by atoms with E-state index < -0.39 is 0 Å². The molecule has 1 unspecified atom stereocenters. The molecule has 4 rings (SSSR count). The first kappa shape index (κ1) is 19.2. The SMILES string of the molecule is CCOC(=O)N1CCN(c2cc(C(=O)N3c4ccccc4CC3C)ccn2)CC1. The standard InChI is InChI=1S/C22H26N4O3/c1-3-29-22(28)25-12-10-24(11-13-25)20-15-18(8-9-23-20)21(27)26-16(2)14-17-6-4-5-7-19(17)26/h4-9,15-16H,3,10-14H2,1-2H3. The van der Waals surface area contributed by atoms with Gasteiger partial charge < -0.3 is 19.4 Å². The third-order valence-corrected chi connectivity index (χ3v) is 5.55. The first-order valence-corrected chi connectivity index (χ1v) is 10.1. The van der Waals surface area contributed by atoms with Crippen LogP contribution in [0.2, 0.25) is 0 Å². The Morgan fingerprint density at radius 2 is 1.90 bits per heavy atom. The molecule has 1 aromatic carbocycles. The van der Waals surface area contributed by atoms with Gasteiger partial charge in [0.05, 0.1) is 6.61 Å². The molecule has 0 radical (unpaired) electrons. The Hall–Kier alpha value is -3.09. The van der Waals surface area contributed by atoms with Gasteiger partial charge in [0.1, 0.15) is 5.82 Å². The summed E-state index contributed by atoms with van der Waals surface area (Å²) in [5.41, 5.74) is 2.83. The summed E-state index contributed by atoms with van der Waals surface area (Å²) in [6.07, 6.45) is 2.29. The number of carbonyl (C=O) groups is 2. The zero-order valence-corrected chi connectivity index (χ0v) is 16.9. The normalized spacial score (nSPS) is 18.6. The highest BCUT2D eigenvalue weighted by Crippen LogP contribution is 2.33. The van der Waals surface area contributed by atoms with Crippen molar-refractivity contribution in [2.24, 2.45) is 0 Å². The van der Waals surface area contributed by atoms with Crippen molar-refractivity contribution in [2.75, 3.05) is 42.6 Å². The number of para-hydroxylation sites is 1. The summed E-state index contributed by atoms with van der Waals surface area (Å²) in [5, 5.41) is 0. The Kier molecular flexibility index (Phi) is 5.38. The minimum absolute atomic E-state index is 0.00346. The van der Waals surface area contributed by atoms with E-state index in [1.165, 1.54) is 5.56 Å². The van der Waals surface area contributed by atoms with Gasteiger partial charge in [0.2, 0.25) is 0 Å². The molecule has 0 N–H and O–H groups in total. The van der Waals surface area contributed by atoms with Crippen LogP contribution in [0.25, 0.3) is 0 Å². The molecule has 0 saturated carbocycles. The molecule has 2 amide bonds. The molecule has 3 heterocycles. The van der Waals surface area contributed by atoms with E-state index in [0.717, 1.165) is 17.9 Å². The summed E-state index contributed by atoms with van der Waals surface area (Å²) in [5.74, 6) is 0.760. The number of hydrogen-bond donors (Lipinski definition) is 0. The summed E-state index contributed by atoms with van der Waals surface area (Å²) in [7, 11) is 0. The minimum Gasteiger partial charge on any atom is -0.450 e. The van der Waals surface area contributed by atoms with Crippen LogP contribution in [-0.4, -0.2) is 60.7 Å². The van der Waals surface area contributed by atoms with Crippen LogP contribution in [-0.2, 0) is 11.2 Å². The molecule has 2 aliphatic heterocycles. The Morgan fingerprint density at radius 1 is 1.14 bits per heavy atom. The summed E-state index contributed by atoms with van der Waals surface area (Å²) in [6, 6.07) is 11.8. The number of carbonyl (C=O) groups excluding carboxylic acids is 2. The Bertz CT molecular complexity index is 908. The highest BCUT2D eigenvalue weighted by atomic mass is 16.6. The van der Waals surface area contributed by atoms with Crippen molar-refractivity contribution in [3.05, 3.63) is 53.7 Å². The van der Waals surface area contributed by atoms with Crippen LogP contribution in [0.1, 0.15) is 29.8 Å². The third kappa shape index (κ3) is 3.77. The lowest BCUT2D eigenvalue weighted by atomic mass is 10.1. The number of nitrogens with zero attached hydrogens (tertiary/aromatic N) is 4.